The van der Waals surface area contributed by atoms with Crippen molar-refractivity contribution in [1.82, 2.24) is 9.88 Å². The Morgan fingerprint density at radius 3 is 2.40 bits per heavy atom. The number of rotatable bonds is 5. The van der Waals surface area contributed by atoms with E-state index in [2.05, 4.69) is 9.98 Å². The molecule has 1 atom stereocenters. The van der Waals surface area contributed by atoms with Crippen LogP contribution in [0.3, 0.4) is 0 Å². The van der Waals surface area contributed by atoms with Crippen molar-refractivity contribution in [3.63, 3.8) is 0 Å². The van der Waals surface area contributed by atoms with Crippen LogP contribution in [0.15, 0.2) is 59.7 Å². The van der Waals surface area contributed by atoms with E-state index in [0.29, 0.717) is 16.8 Å². The molecule has 0 aliphatic carbocycles. The lowest BCUT2D eigenvalue weighted by Crippen LogP contribution is -2.41. The summed E-state index contributed by atoms with van der Waals surface area (Å²) in [5.74, 6) is -1.10. The average Bonchev–Trinajstić information content (AvgIpc) is 2.97. The van der Waals surface area contributed by atoms with Crippen LogP contribution >= 0.6 is 24.0 Å². The van der Waals surface area contributed by atoms with Gasteiger partial charge in [0.15, 0.2) is 11.5 Å². The highest BCUT2D eigenvalue weighted by molar-refractivity contribution is 7.86. The summed E-state index contributed by atoms with van der Waals surface area (Å²) in [6, 6.07) is 11.6. The van der Waals surface area contributed by atoms with E-state index >= 15 is 4.39 Å². The van der Waals surface area contributed by atoms with Crippen LogP contribution in [0.4, 0.5) is 4.39 Å². The van der Waals surface area contributed by atoms with Crippen molar-refractivity contribution in [2.75, 3.05) is 13.3 Å². The molecule has 2 heterocycles. The predicted octanol–water partition coefficient (Wildman–Crippen LogP) is 3.64. The van der Waals surface area contributed by atoms with Crippen molar-refractivity contribution in [3.8, 4) is 16.9 Å². The van der Waals surface area contributed by atoms with Crippen molar-refractivity contribution < 1.29 is 21.8 Å². The molecule has 35 heavy (non-hydrogen) atoms. The summed E-state index contributed by atoms with van der Waals surface area (Å²) < 4.78 is 43.1. The maximum atomic E-state index is 15.0. The lowest BCUT2D eigenvalue weighted by molar-refractivity contribution is -0.129. The largest absolute Gasteiger partial charge is 0.383 e. The van der Waals surface area contributed by atoms with Gasteiger partial charge in [-0.3, -0.25) is 14.7 Å². The Bertz CT molecular complexity index is 1470. The van der Waals surface area contributed by atoms with Crippen molar-refractivity contribution >= 4 is 46.0 Å². The normalized spacial score (nSPS) is 17.7. The fourth-order valence-electron chi connectivity index (χ4n) is 3.87. The number of aliphatic imine (C=N–C) groups is 1. The third-order valence-corrected chi connectivity index (χ3v) is 6.08. The summed E-state index contributed by atoms with van der Waals surface area (Å²) in [7, 11) is -2.33. The number of halogens is 3. The molecule has 0 spiro atoms. The van der Waals surface area contributed by atoms with Crippen LogP contribution in [0.25, 0.3) is 11.1 Å². The Hall–Kier alpha value is -3.21. The van der Waals surface area contributed by atoms with Crippen LogP contribution in [0.5, 0.6) is 5.75 Å². The highest BCUT2D eigenvalue weighted by atomic mass is 35.5. The molecular weight excluding hydrogens is 518 g/mol. The predicted molar refractivity (Wildman–Crippen MR) is 134 cm³/mol. The summed E-state index contributed by atoms with van der Waals surface area (Å²) >= 11 is 6.15. The molecule has 4 rings (SSSR count). The fourth-order valence-corrected chi connectivity index (χ4v) is 4.54. The number of hydrogen-bond acceptors (Lipinski definition) is 7. The van der Waals surface area contributed by atoms with E-state index in [9.17, 15) is 13.2 Å². The molecule has 2 aromatic carbocycles. The summed E-state index contributed by atoms with van der Waals surface area (Å²) in [6.07, 6.45) is 2.44. The van der Waals surface area contributed by atoms with Gasteiger partial charge in [0.2, 0.25) is 0 Å². The van der Waals surface area contributed by atoms with Gasteiger partial charge < -0.3 is 9.92 Å². The van der Waals surface area contributed by atoms with Gasteiger partial charge in [0.1, 0.15) is 11.6 Å². The van der Waals surface area contributed by atoms with Gasteiger partial charge in [-0.15, -0.1) is 12.4 Å². The molecule has 8 nitrogen and oxygen atoms in total. The zero-order valence-electron chi connectivity index (χ0n) is 18.8. The average molecular weight is 539 g/mol. The Balaban J connectivity index is 0.00000342. The molecule has 1 aliphatic rings. The minimum absolute atomic E-state index is 0. The molecule has 0 saturated heterocycles. The number of aromatic nitrogens is 1. The van der Waals surface area contributed by atoms with Crippen LogP contribution in [0.1, 0.15) is 16.8 Å². The van der Waals surface area contributed by atoms with E-state index in [1.54, 1.807) is 25.3 Å². The topological polar surface area (TPSA) is 115 Å². The SMILES string of the molecule is Cc1cc(C2(c3ccc(F)c(-c4cc(Cl)cc(OS(C)(=O)=O)c4)c3)N=C(N)N(C)C2=O)ccn1.Cl. The molecule has 0 fully saturated rings. The van der Waals surface area contributed by atoms with E-state index < -0.39 is 27.4 Å². The minimum atomic E-state index is -3.83. The number of carbonyl (C=O) groups excluding carboxylic acids is 1. The molecule has 3 aromatic rings. The number of pyridine rings is 1. The van der Waals surface area contributed by atoms with Crippen LogP contribution in [0.2, 0.25) is 5.02 Å². The second-order valence-corrected chi connectivity index (χ2v) is 9.90. The molecule has 1 aromatic heterocycles. The smallest absolute Gasteiger partial charge is 0.306 e. The van der Waals surface area contributed by atoms with E-state index in [1.807, 2.05) is 0 Å². The quantitative estimate of drug-likeness (QED) is 0.496. The zero-order chi connectivity index (χ0) is 24.8. The lowest BCUT2D eigenvalue weighted by atomic mass is 9.81. The zero-order valence-corrected chi connectivity index (χ0v) is 21.2. The van der Waals surface area contributed by atoms with Crippen molar-refractivity contribution in [3.05, 3.63) is 82.4 Å². The first-order valence-electron chi connectivity index (χ1n) is 9.98. The van der Waals surface area contributed by atoms with Crippen LogP contribution in [-0.2, 0) is 20.5 Å². The number of nitrogens with zero attached hydrogens (tertiary/aromatic N) is 3. The van der Waals surface area contributed by atoms with Gasteiger partial charge in [0.05, 0.1) is 6.26 Å². The lowest BCUT2D eigenvalue weighted by Gasteiger charge is -2.27. The number of likely N-dealkylation sites (N-methyl/N-ethyl adjacent to an activating group) is 1. The first kappa shape index (κ1) is 26.4. The molecule has 0 bridgehead atoms. The summed E-state index contributed by atoms with van der Waals surface area (Å²) in [5, 5.41) is 0.138. The second-order valence-electron chi connectivity index (χ2n) is 7.89. The van der Waals surface area contributed by atoms with Gasteiger partial charge in [0.25, 0.3) is 5.91 Å². The van der Waals surface area contributed by atoms with Crippen molar-refractivity contribution in [1.29, 1.82) is 0 Å². The van der Waals surface area contributed by atoms with E-state index in [1.165, 1.54) is 48.3 Å². The number of benzene rings is 2. The first-order valence-corrected chi connectivity index (χ1v) is 12.2. The van der Waals surface area contributed by atoms with Gasteiger partial charge in [-0.2, -0.15) is 8.42 Å². The maximum absolute atomic E-state index is 15.0. The van der Waals surface area contributed by atoms with Crippen LogP contribution in [-0.4, -0.2) is 43.5 Å². The number of aryl methyl sites for hydroxylation is 1. The molecule has 12 heteroatoms. The summed E-state index contributed by atoms with van der Waals surface area (Å²) in [6.45, 7) is 1.78. The van der Waals surface area contributed by atoms with Gasteiger partial charge in [-0.05, 0) is 60.0 Å². The van der Waals surface area contributed by atoms with Gasteiger partial charge >= 0.3 is 10.1 Å². The minimum Gasteiger partial charge on any atom is -0.383 e. The number of carbonyl (C=O) groups is 1. The number of nitrogens with two attached hydrogens (primary N) is 1. The number of hydrogen-bond donors (Lipinski definition) is 1. The third kappa shape index (κ3) is 4.95. The second kappa shape index (κ2) is 9.44. The third-order valence-electron chi connectivity index (χ3n) is 5.37. The fraction of sp³-hybridized carbons (Fsp3) is 0.174. The monoisotopic (exact) mass is 538 g/mol. The van der Waals surface area contributed by atoms with Crippen LogP contribution < -0.4 is 9.92 Å². The standard InChI is InChI=1S/C23H20ClFN4O4S.ClH/c1-13-8-16(6-7-27-13)23(21(30)29(2)22(26)28-23)15-4-5-20(25)19(11-15)14-9-17(24)12-18(10-14)33-34(3,31)32;/h4-12H,1-3H3,(H2,26,28);1H. The van der Waals surface area contributed by atoms with E-state index in [4.69, 9.17) is 21.5 Å². The molecule has 0 radical (unpaired) electrons. The molecule has 1 aliphatic heterocycles. The van der Waals surface area contributed by atoms with E-state index in [0.717, 1.165) is 6.26 Å². The molecule has 1 unspecified atom stereocenters. The highest BCUT2D eigenvalue weighted by Crippen LogP contribution is 2.41. The van der Waals surface area contributed by atoms with Gasteiger partial charge in [-0.25, -0.2) is 9.38 Å². The van der Waals surface area contributed by atoms with Gasteiger partial charge in [0, 0.05) is 35.6 Å². The Morgan fingerprint density at radius 1 is 1.11 bits per heavy atom. The summed E-state index contributed by atoms with van der Waals surface area (Å²) in [4.78, 5) is 23.4. The maximum Gasteiger partial charge on any atom is 0.306 e. The Labute approximate surface area is 213 Å². The van der Waals surface area contributed by atoms with Gasteiger partial charge in [-0.1, -0.05) is 17.7 Å². The van der Waals surface area contributed by atoms with E-state index in [-0.39, 0.29) is 40.3 Å². The molecule has 184 valence electrons. The highest BCUT2D eigenvalue weighted by Gasteiger charge is 2.49. The number of guanidine groups is 1. The Kier molecular flexibility index (Phi) is 7.12. The Morgan fingerprint density at radius 2 is 1.80 bits per heavy atom. The molecule has 0 saturated carbocycles. The first-order chi connectivity index (χ1) is 15.9. The number of amides is 1. The van der Waals surface area contributed by atoms with Crippen molar-refractivity contribution in [2.24, 2.45) is 10.7 Å². The molecule has 1 amide bonds. The molecular formula is C23H21Cl2FN4O4S. The van der Waals surface area contributed by atoms with Crippen molar-refractivity contribution in [2.45, 2.75) is 12.5 Å². The van der Waals surface area contributed by atoms with Crippen LogP contribution in [0, 0.1) is 12.7 Å². The summed E-state index contributed by atoms with van der Waals surface area (Å²) in [5.41, 5.74) is 6.31. The molecule has 2 N–H and O–H groups in total.